The second-order valence-electron chi connectivity index (χ2n) is 8.66. The number of carbonyl (C=O) groups is 1. The first-order chi connectivity index (χ1) is 15.4. The highest BCUT2D eigenvalue weighted by molar-refractivity contribution is 5.98. The van der Waals surface area contributed by atoms with Crippen LogP contribution in [0.25, 0.3) is 16.5 Å². The van der Waals surface area contributed by atoms with Crippen LogP contribution in [0.1, 0.15) is 34.9 Å². The number of carbonyl (C=O) groups excluding carboxylic acids is 1. The van der Waals surface area contributed by atoms with Crippen LogP contribution < -0.4 is 4.74 Å². The van der Waals surface area contributed by atoms with Gasteiger partial charge in [-0.3, -0.25) is 9.69 Å². The number of amides is 1. The van der Waals surface area contributed by atoms with Gasteiger partial charge in [-0.2, -0.15) is 0 Å². The molecule has 0 unspecified atom stereocenters. The minimum Gasteiger partial charge on any atom is -0.496 e. The van der Waals surface area contributed by atoms with Crippen molar-refractivity contribution in [2.24, 2.45) is 0 Å². The molecule has 1 aromatic heterocycles. The Kier molecular flexibility index (Phi) is 6.38. The SMILES string of the molecule is COc1c(/C(C)=C/C(=O)N2CCN(Cc3ccccc3)CC2)cc2c(C)c(C)oc2c1C. The number of aryl methyl sites for hydroxylation is 3. The summed E-state index contributed by atoms with van der Waals surface area (Å²) in [7, 11) is 1.67. The van der Waals surface area contributed by atoms with E-state index in [0.29, 0.717) is 0 Å². The molecule has 0 radical (unpaired) electrons. The molecule has 0 aliphatic carbocycles. The maximum atomic E-state index is 13.0. The fourth-order valence-corrected chi connectivity index (χ4v) is 4.49. The first-order valence-corrected chi connectivity index (χ1v) is 11.2. The van der Waals surface area contributed by atoms with Gasteiger partial charge in [-0.05, 0) is 50.5 Å². The molecule has 1 fully saturated rings. The molecule has 2 aromatic carbocycles. The van der Waals surface area contributed by atoms with E-state index >= 15 is 0 Å². The fraction of sp³-hybridized carbons (Fsp3) is 0.370. The zero-order valence-corrected chi connectivity index (χ0v) is 19.7. The number of allylic oxidation sites excluding steroid dienone is 1. The van der Waals surface area contributed by atoms with Crippen molar-refractivity contribution in [3.63, 3.8) is 0 Å². The van der Waals surface area contributed by atoms with Gasteiger partial charge < -0.3 is 14.1 Å². The standard InChI is InChI=1S/C27H32N2O3/c1-18(23-16-24-19(2)21(4)32-27(24)20(3)26(23)31-5)15-25(30)29-13-11-28(12-14-29)17-22-9-7-6-8-10-22/h6-10,15-16H,11-14,17H2,1-5H3/b18-15+. The first kappa shape index (κ1) is 22.2. The van der Waals surface area contributed by atoms with Crippen molar-refractivity contribution in [3.8, 4) is 5.75 Å². The Hall–Kier alpha value is -3.05. The van der Waals surface area contributed by atoms with Gasteiger partial charge in [0.1, 0.15) is 17.1 Å². The van der Waals surface area contributed by atoms with Crippen molar-refractivity contribution in [1.29, 1.82) is 0 Å². The summed E-state index contributed by atoms with van der Waals surface area (Å²) in [6, 6.07) is 12.6. The number of nitrogens with zero attached hydrogens (tertiary/aromatic N) is 2. The molecule has 0 saturated carbocycles. The first-order valence-electron chi connectivity index (χ1n) is 11.2. The van der Waals surface area contributed by atoms with Crippen LogP contribution in [0.5, 0.6) is 5.75 Å². The summed E-state index contributed by atoms with van der Waals surface area (Å²) in [5, 5.41) is 1.07. The van der Waals surface area contributed by atoms with Gasteiger partial charge >= 0.3 is 0 Å². The molecule has 1 saturated heterocycles. The van der Waals surface area contributed by atoms with E-state index in [0.717, 1.165) is 77.5 Å². The highest BCUT2D eigenvalue weighted by atomic mass is 16.5. The molecule has 4 rings (SSSR count). The number of benzene rings is 2. The number of furan rings is 1. The van der Waals surface area contributed by atoms with Crippen molar-refractivity contribution in [2.45, 2.75) is 34.2 Å². The summed E-state index contributed by atoms with van der Waals surface area (Å²) in [6.07, 6.45) is 1.75. The molecule has 1 aliphatic heterocycles. The van der Waals surface area contributed by atoms with E-state index in [-0.39, 0.29) is 5.91 Å². The third-order valence-corrected chi connectivity index (χ3v) is 6.55. The fourth-order valence-electron chi connectivity index (χ4n) is 4.49. The van der Waals surface area contributed by atoms with Crippen LogP contribution in [0.3, 0.4) is 0 Å². The molecule has 3 aromatic rings. The Morgan fingerprint density at radius 2 is 1.75 bits per heavy atom. The highest BCUT2D eigenvalue weighted by Crippen LogP contribution is 2.38. The van der Waals surface area contributed by atoms with Crippen molar-refractivity contribution < 1.29 is 13.9 Å². The van der Waals surface area contributed by atoms with Crippen LogP contribution >= 0.6 is 0 Å². The lowest BCUT2D eigenvalue weighted by Gasteiger charge is -2.34. The number of rotatable bonds is 5. The Balaban J connectivity index is 1.50. The topological polar surface area (TPSA) is 45.9 Å². The van der Waals surface area contributed by atoms with E-state index in [4.69, 9.17) is 9.15 Å². The second-order valence-corrected chi connectivity index (χ2v) is 8.66. The summed E-state index contributed by atoms with van der Waals surface area (Å²) >= 11 is 0. The molecule has 168 valence electrons. The van der Waals surface area contributed by atoms with Crippen LogP contribution in [-0.4, -0.2) is 49.0 Å². The molecule has 5 nitrogen and oxygen atoms in total. The molecule has 1 amide bonds. The van der Waals surface area contributed by atoms with Crippen molar-refractivity contribution in [3.05, 3.63) is 70.5 Å². The number of piperazine rings is 1. The zero-order chi connectivity index (χ0) is 22.8. The third-order valence-electron chi connectivity index (χ3n) is 6.55. The molecule has 0 N–H and O–H groups in total. The number of methoxy groups -OCH3 is 1. The van der Waals surface area contributed by atoms with Gasteiger partial charge in [0.2, 0.25) is 5.91 Å². The number of fused-ring (bicyclic) bond motifs is 1. The van der Waals surface area contributed by atoms with Crippen LogP contribution in [0.15, 0.2) is 46.9 Å². The maximum Gasteiger partial charge on any atom is 0.246 e. The van der Waals surface area contributed by atoms with Crippen LogP contribution in [0.4, 0.5) is 0 Å². The summed E-state index contributed by atoms with van der Waals surface area (Å²) in [5.74, 6) is 1.73. The summed E-state index contributed by atoms with van der Waals surface area (Å²) in [4.78, 5) is 17.4. The van der Waals surface area contributed by atoms with Crippen LogP contribution in [0.2, 0.25) is 0 Å². The molecule has 0 bridgehead atoms. The molecule has 1 aliphatic rings. The lowest BCUT2D eigenvalue weighted by molar-refractivity contribution is -0.127. The summed E-state index contributed by atoms with van der Waals surface area (Å²) in [6.45, 7) is 12.2. The maximum absolute atomic E-state index is 13.0. The van der Waals surface area contributed by atoms with Crippen LogP contribution in [-0.2, 0) is 11.3 Å². The molecular formula is C27H32N2O3. The Bertz CT molecular complexity index is 1150. The van der Waals surface area contributed by atoms with Gasteiger partial charge in [-0.25, -0.2) is 0 Å². The van der Waals surface area contributed by atoms with Gasteiger partial charge in [0.05, 0.1) is 7.11 Å². The summed E-state index contributed by atoms with van der Waals surface area (Å²) in [5.41, 5.74) is 6.10. The Labute approximate surface area is 190 Å². The smallest absolute Gasteiger partial charge is 0.246 e. The van der Waals surface area contributed by atoms with Gasteiger partial charge in [0, 0.05) is 55.3 Å². The molecule has 0 spiro atoms. The molecule has 0 atom stereocenters. The average Bonchev–Trinajstić information content (AvgIpc) is 3.09. The number of ether oxygens (including phenoxy) is 1. The van der Waals surface area contributed by atoms with Gasteiger partial charge in [0.25, 0.3) is 0 Å². The molecule has 5 heteroatoms. The van der Waals surface area contributed by atoms with Crippen molar-refractivity contribution in [1.82, 2.24) is 9.80 Å². The molecule has 2 heterocycles. The van der Waals surface area contributed by atoms with Gasteiger partial charge in [-0.15, -0.1) is 0 Å². The van der Waals surface area contributed by atoms with E-state index < -0.39 is 0 Å². The minimum absolute atomic E-state index is 0.0572. The van der Waals surface area contributed by atoms with Crippen molar-refractivity contribution in [2.75, 3.05) is 33.3 Å². The Morgan fingerprint density at radius 1 is 1.06 bits per heavy atom. The van der Waals surface area contributed by atoms with Gasteiger partial charge in [0.15, 0.2) is 0 Å². The second kappa shape index (κ2) is 9.21. The van der Waals surface area contributed by atoms with E-state index in [1.165, 1.54) is 5.56 Å². The normalized spacial score (nSPS) is 15.4. The van der Waals surface area contributed by atoms with E-state index in [1.54, 1.807) is 13.2 Å². The van der Waals surface area contributed by atoms with E-state index in [1.807, 2.05) is 31.7 Å². The predicted octanol–water partition coefficient (Wildman–Crippen LogP) is 5.11. The summed E-state index contributed by atoms with van der Waals surface area (Å²) < 4.78 is 11.7. The Morgan fingerprint density at radius 3 is 2.41 bits per heavy atom. The average molecular weight is 433 g/mol. The minimum atomic E-state index is 0.0572. The van der Waals surface area contributed by atoms with Crippen LogP contribution in [0, 0.1) is 20.8 Å². The predicted molar refractivity (Wildman–Crippen MR) is 129 cm³/mol. The number of hydrogen-bond acceptors (Lipinski definition) is 4. The van der Waals surface area contributed by atoms with E-state index in [2.05, 4.69) is 42.2 Å². The van der Waals surface area contributed by atoms with E-state index in [9.17, 15) is 4.79 Å². The monoisotopic (exact) mass is 432 g/mol. The lowest BCUT2D eigenvalue weighted by Crippen LogP contribution is -2.47. The van der Waals surface area contributed by atoms with Crippen molar-refractivity contribution >= 4 is 22.4 Å². The lowest BCUT2D eigenvalue weighted by atomic mass is 9.98. The highest BCUT2D eigenvalue weighted by Gasteiger charge is 2.22. The third kappa shape index (κ3) is 4.30. The quantitative estimate of drug-likeness (QED) is 0.526. The molecular weight excluding hydrogens is 400 g/mol. The van der Waals surface area contributed by atoms with Gasteiger partial charge in [-0.1, -0.05) is 30.3 Å². The largest absolute Gasteiger partial charge is 0.496 e. The molecule has 32 heavy (non-hydrogen) atoms. The number of hydrogen-bond donors (Lipinski definition) is 0. The zero-order valence-electron chi connectivity index (χ0n) is 19.7.